The molecule has 0 saturated heterocycles. The quantitative estimate of drug-likeness (QED) is 0.465. The zero-order valence-corrected chi connectivity index (χ0v) is 3.17. The maximum Gasteiger partial charge on any atom is 0.312 e. The van der Waals surface area contributed by atoms with Crippen LogP contribution in [0.1, 0.15) is 0 Å². The van der Waals surface area contributed by atoms with Crippen LogP contribution in [-0.2, 0) is 0 Å². The highest BCUT2D eigenvalue weighted by Gasteiger charge is 1.83. The van der Waals surface area contributed by atoms with Crippen molar-refractivity contribution in [1.82, 2.24) is 6.15 Å². The van der Waals surface area contributed by atoms with E-state index in [0.29, 0.717) is 0 Å². The van der Waals surface area contributed by atoms with Gasteiger partial charge in [0.2, 0.25) is 0 Å². The monoisotopic (exact) mass is 103 g/mol. The molecule has 0 saturated carbocycles. The average molecular weight is 103 g/mol. The van der Waals surface area contributed by atoms with Crippen molar-refractivity contribution in [3.63, 3.8) is 0 Å². The van der Waals surface area contributed by atoms with Gasteiger partial charge in [0.15, 0.2) is 0 Å². The highest BCUT2D eigenvalue weighted by molar-refractivity contribution is 6.18. The van der Waals surface area contributed by atoms with Crippen LogP contribution in [0.2, 0.25) is 0 Å². The van der Waals surface area contributed by atoms with Crippen molar-refractivity contribution in [3.8, 4) is 0 Å². The second kappa shape index (κ2) is 4.11. The van der Waals surface area contributed by atoms with E-state index in [-0.39, 0.29) is 6.15 Å². The molecule has 0 radical (unpaired) electrons. The first kappa shape index (κ1) is 8.92. The molecule has 0 aliphatic rings. The normalized spacial score (nSPS) is 7.20. The van der Waals surface area contributed by atoms with Crippen molar-refractivity contribution in [2.45, 2.75) is 5.88 Å². The SMILES string of the molecule is FC(F)Cl.N. The standard InChI is InChI=1S/CHClF2.H3N/c2-1(3)4;/h1H;1H3. The molecule has 4 heteroatoms. The van der Waals surface area contributed by atoms with Crippen LogP contribution in [0.15, 0.2) is 0 Å². The van der Waals surface area contributed by atoms with Crippen LogP contribution in [0, 0.1) is 0 Å². The molecule has 0 unspecified atom stereocenters. The molecule has 0 amide bonds. The largest absolute Gasteiger partial charge is 0.344 e. The van der Waals surface area contributed by atoms with Gasteiger partial charge in [-0.2, -0.15) is 8.78 Å². The van der Waals surface area contributed by atoms with Gasteiger partial charge in [-0.25, -0.2) is 0 Å². The van der Waals surface area contributed by atoms with Crippen molar-refractivity contribution >= 4 is 11.6 Å². The van der Waals surface area contributed by atoms with Crippen molar-refractivity contribution in [2.75, 3.05) is 0 Å². The summed E-state index contributed by atoms with van der Waals surface area (Å²) in [7, 11) is 0. The fourth-order valence-corrected chi connectivity index (χ4v) is 0. The lowest BCUT2D eigenvalue weighted by Crippen LogP contribution is -1.62. The Kier molecular flexibility index (Phi) is 7.34. The number of hydrogen-bond acceptors (Lipinski definition) is 1. The van der Waals surface area contributed by atoms with E-state index in [1.165, 1.54) is 0 Å². The minimum Gasteiger partial charge on any atom is -0.344 e. The summed E-state index contributed by atoms with van der Waals surface area (Å²) in [6.07, 6.45) is 0. The van der Waals surface area contributed by atoms with E-state index in [2.05, 4.69) is 11.6 Å². The van der Waals surface area contributed by atoms with Gasteiger partial charge in [0.1, 0.15) is 0 Å². The van der Waals surface area contributed by atoms with Gasteiger partial charge in [-0.3, -0.25) is 0 Å². The Bertz CT molecular complexity index is 14.4. The Hall–Kier alpha value is 0.110. The fourth-order valence-electron chi connectivity index (χ4n) is 0. The summed E-state index contributed by atoms with van der Waals surface area (Å²) < 4.78 is 20.2. The zero-order chi connectivity index (χ0) is 3.58. The molecular formula is CH4ClF2N. The zero-order valence-electron chi connectivity index (χ0n) is 2.42. The Morgan fingerprint density at radius 3 is 1.40 bits per heavy atom. The number of hydrogen-bond donors (Lipinski definition) is 1. The van der Waals surface area contributed by atoms with E-state index in [0.717, 1.165) is 0 Å². The van der Waals surface area contributed by atoms with Crippen molar-refractivity contribution in [2.24, 2.45) is 0 Å². The van der Waals surface area contributed by atoms with Crippen LogP contribution in [0.4, 0.5) is 8.78 Å². The molecule has 0 fully saturated rings. The molecule has 3 N–H and O–H groups in total. The number of rotatable bonds is 0. The molecule has 0 aromatic heterocycles. The first-order chi connectivity index (χ1) is 1.73. The molecule has 0 heterocycles. The Morgan fingerprint density at radius 2 is 1.40 bits per heavy atom. The molecule has 1 nitrogen and oxygen atoms in total. The van der Waals surface area contributed by atoms with Gasteiger partial charge in [0.05, 0.1) is 0 Å². The highest BCUT2D eigenvalue weighted by atomic mass is 35.5. The summed E-state index contributed by atoms with van der Waals surface area (Å²) in [5.41, 5.74) is 0. The molecular weight excluding hydrogens is 99.5 g/mol. The molecule has 0 rings (SSSR count). The van der Waals surface area contributed by atoms with E-state index >= 15 is 0 Å². The molecule has 5 heavy (non-hydrogen) atoms. The smallest absolute Gasteiger partial charge is 0.312 e. The van der Waals surface area contributed by atoms with Crippen LogP contribution < -0.4 is 6.15 Å². The average Bonchev–Trinajstić information content (AvgIpc) is 0.811. The lowest BCUT2D eigenvalue weighted by molar-refractivity contribution is 0.243. The minimum absolute atomic E-state index is 0. The van der Waals surface area contributed by atoms with Gasteiger partial charge in [0, 0.05) is 0 Å². The van der Waals surface area contributed by atoms with Crippen LogP contribution in [0.3, 0.4) is 0 Å². The first-order valence-corrected chi connectivity index (χ1v) is 1.09. The molecule has 0 aliphatic heterocycles. The van der Waals surface area contributed by atoms with Gasteiger partial charge in [-0.15, -0.1) is 0 Å². The van der Waals surface area contributed by atoms with Gasteiger partial charge in [-0.1, -0.05) is 11.6 Å². The van der Waals surface area contributed by atoms with Gasteiger partial charge in [0.25, 0.3) is 0 Å². The molecule has 0 spiro atoms. The second-order valence-corrected chi connectivity index (χ2v) is 0.577. The third kappa shape index (κ3) is 1510. The highest BCUT2D eigenvalue weighted by Crippen LogP contribution is 1.93. The van der Waals surface area contributed by atoms with E-state index in [1.807, 2.05) is 0 Å². The predicted molar refractivity (Wildman–Crippen MR) is 16.9 cm³/mol. The summed E-state index contributed by atoms with van der Waals surface area (Å²) in [4.78, 5) is 0. The summed E-state index contributed by atoms with van der Waals surface area (Å²) >= 11 is 3.94. The first-order valence-electron chi connectivity index (χ1n) is 0.655. The molecule has 0 aromatic carbocycles. The summed E-state index contributed by atoms with van der Waals surface area (Å²) in [6.45, 7) is 0. The van der Waals surface area contributed by atoms with Crippen molar-refractivity contribution < 1.29 is 8.78 Å². The van der Waals surface area contributed by atoms with Gasteiger partial charge >= 0.3 is 5.88 Å². The lowest BCUT2D eigenvalue weighted by Gasteiger charge is -1.66. The van der Waals surface area contributed by atoms with Crippen LogP contribution >= 0.6 is 11.6 Å². The van der Waals surface area contributed by atoms with Crippen molar-refractivity contribution in [1.29, 1.82) is 0 Å². The molecule has 0 aliphatic carbocycles. The Morgan fingerprint density at radius 1 is 1.40 bits per heavy atom. The third-order valence-corrected chi connectivity index (χ3v) is 0. The van der Waals surface area contributed by atoms with Gasteiger partial charge in [-0.05, 0) is 0 Å². The van der Waals surface area contributed by atoms with E-state index < -0.39 is 5.88 Å². The fraction of sp³-hybridized carbons (Fsp3) is 1.00. The minimum atomic E-state index is -2.69. The Balaban J connectivity index is 0. The number of alkyl halides is 3. The molecule has 34 valence electrons. The van der Waals surface area contributed by atoms with E-state index in [1.54, 1.807) is 0 Å². The summed E-state index contributed by atoms with van der Waals surface area (Å²) in [6, 6.07) is 0. The molecule has 0 aromatic rings. The molecule has 0 bridgehead atoms. The second-order valence-electron chi connectivity index (χ2n) is 0.247. The lowest BCUT2D eigenvalue weighted by atomic mass is 11.7. The maximum absolute atomic E-state index is 10.1. The van der Waals surface area contributed by atoms with Crippen LogP contribution in [0.25, 0.3) is 0 Å². The predicted octanol–water partition coefficient (Wildman–Crippen LogP) is 1.61. The van der Waals surface area contributed by atoms with Crippen LogP contribution in [0.5, 0.6) is 0 Å². The van der Waals surface area contributed by atoms with E-state index in [4.69, 9.17) is 0 Å². The number of halogens is 3. The van der Waals surface area contributed by atoms with Crippen LogP contribution in [-0.4, -0.2) is 5.88 Å². The maximum atomic E-state index is 10.1. The Labute approximate surface area is 33.5 Å². The van der Waals surface area contributed by atoms with E-state index in [9.17, 15) is 8.78 Å². The topological polar surface area (TPSA) is 35.0 Å². The molecule has 0 atom stereocenters. The summed E-state index contributed by atoms with van der Waals surface area (Å²) in [5, 5.41) is 0. The van der Waals surface area contributed by atoms with Crippen molar-refractivity contribution in [3.05, 3.63) is 0 Å². The third-order valence-electron chi connectivity index (χ3n) is 0. The van der Waals surface area contributed by atoms with Gasteiger partial charge < -0.3 is 6.15 Å². The summed E-state index contributed by atoms with van der Waals surface area (Å²) in [5.74, 6) is -2.69.